The van der Waals surface area contributed by atoms with Gasteiger partial charge in [-0.15, -0.1) is 0 Å². The Labute approximate surface area is 165 Å². The summed E-state index contributed by atoms with van der Waals surface area (Å²) in [5.74, 6) is -1.63. The average molecular weight is 415 g/mol. The number of carbonyl (C=O) groups excluding carboxylic acids is 2. The molecule has 144 valence electrons. The maximum atomic E-state index is 13.6. The molecule has 0 saturated carbocycles. The van der Waals surface area contributed by atoms with Gasteiger partial charge in [-0.25, -0.2) is 8.78 Å². The van der Waals surface area contributed by atoms with Gasteiger partial charge in [0.15, 0.2) is 0 Å². The SMILES string of the molecule is CC(NC(=O)CCCNC(=O)c1ccc(F)cc1)c1cc(F)c(Cl)cc1Cl. The molecule has 27 heavy (non-hydrogen) atoms. The first-order valence-electron chi connectivity index (χ1n) is 8.25. The van der Waals surface area contributed by atoms with E-state index in [1.165, 1.54) is 36.4 Å². The zero-order valence-electron chi connectivity index (χ0n) is 14.5. The molecule has 0 aliphatic heterocycles. The van der Waals surface area contributed by atoms with Crippen molar-refractivity contribution in [2.75, 3.05) is 6.54 Å². The molecule has 8 heteroatoms. The van der Waals surface area contributed by atoms with Gasteiger partial charge in [0.05, 0.1) is 11.1 Å². The van der Waals surface area contributed by atoms with E-state index in [1.54, 1.807) is 6.92 Å². The molecule has 0 spiro atoms. The van der Waals surface area contributed by atoms with Crippen LogP contribution in [0.2, 0.25) is 10.0 Å². The van der Waals surface area contributed by atoms with Crippen molar-refractivity contribution in [1.29, 1.82) is 0 Å². The summed E-state index contributed by atoms with van der Waals surface area (Å²) in [6.45, 7) is 1.97. The Kier molecular flexibility index (Phi) is 7.56. The molecule has 0 aliphatic rings. The van der Waals surface area contributed by atoms with Crippen molar-refractivity contribution >= 4 is 35.0 Å². The van der Waals surface area contributed by atoms with Crippen LogP contribution >= 0.6 is 23.2 Å². The van der Waals surface area contributed by atoms with Gasteiger partial charge in [0.2, 0.25) is 5.91 Å². The van der Waals surface area contributed by atoms with E-state index in [2.05, 4.69) is 10.6 Å². The average Bonchev–Trinajstić information content (AvgIpc) is 2.62. The first-order chi connectivity index (χ1) is 12.8. The molecule has 0 heterocycles. The van der Waals surface area contributed by atoms with Crippen LogP contribution < -0.4 is 10.6 Å². The number of halogens is 4. The molecule has 2 aromatic rings. The first-order valence-corrected chi connectivity index (χ1v) is 9.01. The maximum absolute atomic E-state index is 13.6. The smallest absolute Gasteiger partial charge is 0.251 e. The van der Waals surface area contributed by atoms with Crippen molar-refractivity contribution in [3.63, 3.8) is 0 Å². The van der Waals surface area contributed by atoms with Gasteiger partial charge in [-0.05, 0) is 55.3 Å². The number of hydrogen-bond donors (Lipinski definition) is 2. The minimum Gasteiger partial charge on any atom is -0.352 e. The Hall–Kier alpha value is -2.18. The van der Waals surface area contributed by atoms with Crippen LogP contribution in [-0.4, -0.2) is 18.4 Å². The fourth-order valence-electron chi connectivity index (χ4n) is 2.42. The summed E-state index contributed by atoms with van der Waals surface area (Å²) < 4.78 is 26.4. The number of nitrogens with one attached hydrogen (secondary N) is 2. The van der Waals surface area contributed by atoms with Crippen LogP contribution in [0, 0.1) is 11.6 Å². The Balaban J connectivity index is 1.77. The van der Waals surface area contributed by atoms with Gasteiger partial charge >= 0.3 is 0 Å². The molecule has 2 rings (SSSR count). The number of amides is 2. The molecule has 1 atom stereocenters. The quantitative estimate of drug-likeness (QED) is 0.511. The highest BCUT2D eigenvalue weighted by atomic mass is 35.5. The lowest BCUT2D eigenvalue weighted by Gasteiger charge is -2.16. The van der Waals surface area contributed by atoms with E-state index in [1.807, 2.05) is 0 Å². The highest BCUT2D eigenvalue weighted by Gasteiger charge is 2.15. The molecular formula is C19H18Cl2F2N2O2. The van der Waals surface area contributed by atoms with Crippen LogP contribution in [-0.2, 0) is 4.79 Å². The summed E-state index contributed by atoms with van der Waals surface area (Å²) in [6.07, 6.45) is 0.579. The zero-order valence-corrected chi connectivity index (χ0v) is 16.0. The van der Waals surface area contributed by atoms with Crippen molar-refractivity contribution in [1.82, 2.24) is 10.6 Å². The highest BCUT2D eigenvalue weighted by molar-refractivity contribution is 6.35. The first kappa shape index (κ1) is 21.1. The van der Waals surface area contributed by atoms with Crippen molar-refractivity contribution < 1.29 is 18.4 Å². The molecule has 0 fully saturated rings. The van der Waals surface area contributed by atoms with Gasteiger partial charge in [0.25, 0.3) is 5.91 Å². The van der Waals surface area contributed by atoms with Gasteiger partial charge in [-0.2, -0.15) is 0 Å². The van der Waals surface area contributed by atoms with Gasteiger partial charge in [0, 0.05) is 23.6 Å². The van der Waals surface area contributed by atoms with E-state index >= 15 is 0 Å². The maximum Gasteiger partial charge on any atom is 0.251 e. The predicted octanol–water partition coefficient (Wildman–Crippen LogP) is 4.66. The molecule has 2 amide bonds. The molecule has 0 radical (unpaired) electrons. The minimum atomic E-state index is -0.610. The normalized spacial score (nSPS) is 11.7. The largest absolute Gasteiger partial charge is 0.352 e. The topological polar surface area (TPSA) is 58.2 Å². The Bertz CT molecular complexity index is 829. The number of carbonyl (C=O) groups is 2. The third-order valence-electron chi connectivity index (χ3n) is 3.86. The fourth-order valence-corrected chi connectivity index (χ4v) is 2.96. The predicted molar refractivity (Wildman–Crippen MR) is 101 cm³/mol. The van der Waals surface area contributed by atoms with Crippen LogP contribution in [0.4, 0.5) is 8.78 Å². The van der Waals surface area contributed by atoms with Crippen molar-refractivity contribution in [3.8, 4) is 0 Å². The molecule has 0 aromatic heterocycles. The monoisotopic (exact) mass is 414 g/mol. The number of rotatable bonds is 7. The number of hydrogen-bond acceptors (Lipinski definition) is 2. The molecule has 2 aromatic carbocycles. The second-order valence-corrected chi connectivity index (χ2v) is 6.76. The summed E-state index contributed by atoms with van der Waals surface area (Å²) in [7, 11) is 0. The molecule has 4 nitrogen and oxygen atoms in total. The standard InChI is InChI=1S/C19H18Cl2F2N2O2/c1-11(14-9-17(23)16(21)10-15(14)20)25-18(26)3-2-8-24-19(27)12-4-6-13(22)7-5-12/h4-7,9-11H,2-3,8H2,1H3,(H,24,27)(H,25,26). The second kappa shape index (κ2) is 9.67. The fraction of sp³-hybridized carbons (Fsp3) is 0.263. The van der Waals surface area contributed by atoms with E-state index in [-0.39, 0.29) is 34.8 Å². The lowest BCUT2D eigenvalue weighted by atomic mass is 10.1. The molecule has 2 N–H and O–H groups in total. The van der Waals surface area contributed by atoms with E-state index < -0.39 is 17.7 Å². The summed E-state index contributed by atoms with van der Waals surface area (Å²) in [4.78, 5) is 23.9. The summed E-state index contributed by atoms with van der Waals surface area (Å²) >= 11 is 11.7. The summed E-state index contributed by atoms with van der Waals surface area (Å²) in [6, 6.07) is 7.16. The third-order valence-corrected chi connectivity index (χ3v) is 4.47. The summed E-state index contributed by atoms with van der Waals surface area (Å²) in [5, 5.41) is 5.56. The van der Waals surface area contributed by atoms with Crippen LogP contribution in [0.1, 0.15) is 41.7 Å². The van der Waals surface area contributed by atoms with Crippen molar-refractivity contribution in [2.45, 2.75) is 25.8 Å². The van der Waals surface area contributed by atoms with Crippen LogP contribution in [0.5, 0.6) is 0 Å². The van der Waals surface area contributed by atoms with E-state index in [0.717, 1.165) is 0 Å². The Morgan fingerprint density at radius 2 is 1.74 bits per heavy atom. The van der Waals surface area contributed by atoms with Crippen molar-refractivity contribution in [2.24, 2.45) is 0 Å². The second-order valence-electron chi connectivity index (χ2n) is 5.94. The van der Waals surface area contributed by atoms with Gasteiger partial charge in [0.1, 0.15) is 11.6 Å². The molecule has 0 bridgehead atoms. The molecule has 0 aliphatic carbocycles. The van der Waals surface area contributed by atoms with Gasteiger partial charge < -0.3 is 10.6 Å². The van der Waals surface area contributed by atoms with Crippen LogP contribution in [0.3, 0.4) is 0 Å². The lowest BCUT2D eigenvalue weighted by Crippen LogP contribution is -2.29. The number of benzene rings is 2. The minimum absolute atomic E-state index is 0.0841. The Morgan fingerprint density at radius 3 is 2.41 bits per heavy atom. The molecule has 0 saturated heterocycles. The summed E-state index contributed by atoms with van der Waals surface area (Å²) in [5.41, 5.74) is 0.769. The van der Waals surface area contributed by atoms with Gasteiger partial charge in [-0.1, -0.05) is 23.2 Å². The lowest BCUT2D eigenvalue weighted by molar-refractivity contribution is -0.121. The molecule has 1 unspecified atom stereocenters. The van der Waals surface area contributed by atoms with E-state index in [4.69, 9.17) is 23.2 Å². The molecular weight excluding hydrogens is 397 g/mol. The van der Waals surface area contributed by atoms with Crippen molar-refractivity contribution in [3.05, 3.63) is 69.2 Å². The van der Waals surface area contributed by atoms with Crippen LogP contribution in [0.25, 0.3) is 0 Å². The van der Waals surface area contributed by atoms with E-state index in [9.17, 15) is 18.4 Å². The Morgan fingerprint density at radius 1 is 1.07 bits per heavy atom. The third kappa shape index (κ3) is 6.19. The van der Waals surface area contributed by atoms with Gasteiger partial charge in [-0.3, -0.25) is 9.59 Å². The highest BCUT2D eigenvalue weighted by Crippen LogP contribution is 2.28. The van der Waals surface area contributed by atoms with E-state index in [0.29, 0.717) is 17.5 Å². The van der Waals surface area contributed by atoms with Crippen LogP contribution in [0.15, 0.2) is 36.4 Å². The zero-order chi connectivity index (χ0) is 20.0.